The Kier molecular flexibility index (Phi) is 55.4. The molecule has 0 amide bonds. The molecule has 2 radical (unpaired) electrons. The maximum absolute atomic E-state index is 9.00. The standard InChI is InChI=1S/C2H4O2.Ca.ClH.H2O4S.Pb.Zn.4H/c1-2(3)4;;;1-5(2,3)4;;;;;;/h1H3,(H,3,4);;1H;(H2,1,2,3,4);;;;;;/q;+2;;;;;;;2*-1. The zero-order valence-corrected chi connectivity index (χ0v) is 19.3. The largest absolute Gasteiger partial charge is 0 e. The van der Waals surface area contributed by atoms with Crippen LogP contribution in [0.3, 0.4) is 0 Å². The van der Waals surface area contributed by atoms with Crippen LogP contribution in [0.4, 0.5) is 0 Å². The van der Waals surface area contributed by atoms with Crippen molar-refractivity contribution in [2.24, 2.45) is 0 Å². The number of hydrogen-bond acceptors (Lipinski definition) is 3. The fourth-order valence-electron chi connectivity index (χ4n) is 0. The first-order valence-electron chi connectivity index (χ1n) is 1.63. The smallest absolute Gasteiger partial charge is 0 e. The molecule has 76 valence electrons. The summed E-state index contributed by atoms with van der Waals surface area (Å²) in [5.74, 6) is -0.833. The second-order valence-electron chi connectivity index (χ2n) is 0.967. The van der Waals surface area contributed by atoms with Crippen molar-refractivity contribution in [3.05, 3.63) is 0 Å². The Bertz CT molecular complexity index is 182. The molecule has 0 fully saturated rings. The van der Waals surface area contributed by atoms with Crippen LogP contribution in [0.25, 0.3) is 0 Å². The van der Waals surface area contributed by atoms with E-state index in [9.17, 15) is 0 Å². The molecule has 0 aliphatic heterocycles. The van der Waals surface area contributed by atoms with Gasteiger partial charge in [-0.15, -0.1) is 12.4 Å². The maximum Gasteiger partial charge on any atom is 0 e. The minimum Gasteiger partial charge on any atom is 0 e. The van der Waals surface area contributed by atoms with Crippen molar-refractivity contribution in [3.8, 4) is 0 Å². The molecule has 0 unspecified atom stereocenters. The van der Waals surface area contributed by atoms with E-state index in [1.165, 1.54) is 0 Å². The van der Waals surface area contributed by atoms with Crippen molar-refractivity contribution >= 4 is 93.8 Å². The molecule has 0 aromatic rings. The molecule has 6 nitrogen and oxygen atoms in total. The van der Waals surface area contributed by atoms with Crippen molar-refractivity contribution in [1.82, 2.24) is 0 Å². The Hall–Kier alpha value is 2.44. The molecule has 13 heavy (non-hydrogen) atoms. The van der Waals surface area contributed by atoms with Crippen LogP contribution in [0.5, 0.6) is 0 Å². The van der Waals surface area contributed by atoms with Gasteiger partial charge in [0.25, 0.3) is 5.97 Å². The molecule has 0 atom stereocenters. The fraction of sp³-hybridized carbons (Fsp3) is 0.500. The number of carbonyl (C=O) groups is 1. The first-order valence-corrected chi connectivity index (χ1v) is 3.02. The van der Waals surface area contributed by atoms with Gasteiger partial charge in [-0.25, -0.2) is 0 Å². The van der Waals surface area contributed by atoms with Crippen LogP contribution in [0.1, 0.15) is 9.78 Å². The Morgan fingerprint density at radius 3 is 1.31 bits per heavy atom. The summed E-state index contributed by atoms with van der Waals surface area (Å²) in [5.41, 5.74) is 0. The van der Waals surface area contributed by atoms with E-state index in [1.807, 2.05) is 0 Å². The van der Waals surface area contributed by atoms with Gasteiger partial charge >= 0.3 is 75.4 Å². The van der Waals surface area contributed by atoms with Gasteiger partial charge in [0.15, 0.2) is 0 Å². The fourth-order valence-corrected chi connectivity index (χ4v) is 0. The van der Waals surface area contributed by atoms with Crippen molar-refractivity contribution in [1.29, 1.82) is 0 Å². The normalized spacial score (nSPS) is 6.38. The predicted molar refractivity (Wildman–Crippen MR) is 51.3 cm³/mol. The summed E-state index contributed by atoms with van der Waals surface area (Å²) in [5, 5.41) is 7.42. The summed E-state index contributed by atoms with van der Waals surface area (Å²) in [6.07, 6.45) is 0. The molecule has 11 heteroatoms. The van der Waals surface area contributed by atoms with Crippen LogP contribution in [-0.4, -0.2) is 93.6 Å². The Labute approximate surface area is 148 Å². The van der Waals surface area contributed by atoms with Crippen molar-refractivity contribution in [3.63, 3.8) is 0 Å². The number of hydrogen-bond donors (Lipinski definition) is 3. The summed E-state index contributed by atoms with van der Waals surface area (Å²) in [6, 6.07) is 0. The van der Waals surface area contributed by atoms with Gasteiger partial charge in [-0.3, -0.25) is 13.9 Å². The minimum absolute atomic E-state index is 0. The third-order valence-corrected chi connectivity index (χ3v) is 0. The van der Waals surface area contributed by atoms with E-state index in [0.29, 0.717) is 0 Å². The molecule has 0 aliphatic carbocycles. The molecular formula is C2H11CaClO6PbSZn. The van der Waals surface area contributed by atoms with E-state index < -0.39 is 16.4 Å². The third kappa shape index (κ3) is 376. The molecular weight excluding hydrogens is 500 g/mol. The number of halogens is 1. The van der Waals surface area contributed by atoms with Crippen LogP contribution < -0.4 is 0 Å². The average molecular weight is 511 g/mol. The average Bonchev–Trinajstić information content (AvgIpc) is 1.19. The topological polar surface area (TPSA) is 112 Å². The molecule has 0 aromatic heterocycles. The summed E-state index contributed by atoms with van der Waals surface area (Å²) in [7, 11) is -4.67. The summed E-state index contributed by atoms with van der Waals surface area (Å²) < 4.78 is 31.6. The Morgan fingerprint density at radius 1 is 1.31 bits per heavy atom. The number of aliphatic carboxylic acids is 1. The van der Waals surface area contributed by atoms with Crippen LogP contribution in [0.2, 0.25) is 0 Å². The molecule has 0 rings (SSSR count). The molecule has 0 saturated carbocycles. The van der Waals surface area contributed by atoms with E-state index in [-0.39, 0.29) is 99.8 Å². The zero-order chi connectivity index (χ0) is 8.08. The summed E-state index contributed by atoms with van der Waals surface area (Å²) in [4.78, 5) is 9.00. The van der Waals surface area contributed by atoms with Crippen LogP contribution >= 0.6 is 12.4 Å². The third-order valence-electron chi connectivity index (χ3n) is 0. The number of carboxylic acid groups (broad SMARTS) is 1. The van der Waals surface area contributed by atoms with Gasteiger partial charge in [-0.05, 0) is 0 Å². The first-order chi connectivity index (χ1) is 3.73. The van der Waals surface area contributed by atoms with Gasteiger partial charge in [0.1, 0.15) is 0 Å². The van der Waals surface area contributed by atoms with Crippen LogP contribution in [0.15, 0.2) is 0 Å². The Morgan fingerprint density at radius 2 is 1.31 bits per heavy atom. The molecule has 0 bridgehead atoms. The molecule has 0 spiro atoms. The second kappa shape index (κ2) is 19.9. The van der Waals surface area contributed by atoms with E-state index in [2.05, 4.69) is 0 Å². The van der Waals surface area contributed by atoms with E-state index in [1.54, 1.807) is 0 Å². The predicted octanol–water partition coefficient (Wildman–Crippen LogP) is -1.21. The van der Waals surface area contributed by atoms with Gasteiger partial charge in [-0.2, -0.15) is 8.42 Å². The molecule has 0 aliphatic rings. The van der Waals surface area contributed by atoms with Gasteiger partial charge in [0.05, 0.1) is 0 Å². The van der Waals surface area contributed by atoms with Crippen LogP contribution in [-0.2, 0) is 34.7 Å². The summed E-state index contributed by atoms with van der Waals surface area (Å²) in [6.45, 7) is 1.08. The van der Waals surface area contributed by atoms with E-state index in [4.69, 9.17) is 27.4 Å². The van der Waals surface area contributed by atoms with Gasteiger partial charge < -0.3 is 7.96 Å². The molecule has 0 aromatic carbocycles. The van der Waals surface area contributed by atoms with E-state index in [0.717, 1.165) is 6.92 Å². The quantitative estimate of drug-likeness (QED) is 0.278. The molecule has 0 heterocycles. The van der Waals surface area contributed by atoms with E-state index >= 15 is 0 Å². The van der Waals surface area contributed by atoms with Gasteiger partial charge in [0.2, 0.25) is 0 Å². The minimum atomic E-state index is -4.67. The number of carboxylic acids is 1. The van der Waals surface area contributed by atoms with Gasteiger partial charge in [0, 0.05) is 26.4 Å². The van der Waals surface area contributed by atoms with Crippen molar-refractivity contribution in [2.75, 3.05) is 0 Å². The monoisotopic (exact) mass is 510 g/mol. The molecule has 0 saturated heterocycles. The SMILES string of the molecule is CC(=O)O.Cl.O=S(=O)(O)O.[Ca+2].[H-].[H-].[PbH2].[Zn]. The summed E-state index contributed by atoms with van der Waals surface area (Å²) >= 11 is 0. The van der Waals surface area contributed by atoms with Gasteiger partial charge in [-0.1, -0.05) is 0 Å². The number of rotatable bonds is 0. The Balaban J connectivity index is -0.00000000785. The first kappa shape index (κ1) is 36.1. The van der Waals surface area contributed by atoms with Crippen LogP contribution in [0, 0.1) is 0 Å². The maximum atomic E-state index is 9.00. The van der Waals surface area contributed by atoms with Crippen molar-refractivity contribution < 1.29 is 49.8 Å². The second-order valence-corrected chi connectivity index (χ2v) is 1.86. The zero-order valence-electron chi connectivity index (χ0n) is 9.00. The van der Waals surface area contributed by atoms with Crippen molar-refractivity contribution in [2.45, 2.75) is 6.92 Å². The molecule has 3 N–H and O–H groups in total.